The number of carbonyl (C=O) groups is 1. The predicted molar refractivity (Wildman–Crippen MR) is 95.7 cm³/mol. The first-order valence-corrected chi connectivity index (χ1v) is 8.48. The standard InChI is InChI=1S/C17H13BrF3N5O/c1-9-5-12(7-23-15(9)18)25-16(27)13-8-24-26(10(13)2)14-4-3-11(6-22-14)17(19,20)21/h3-8H,1-2H3,(H,25,27). The second-order valence-corrected chi connectivity index (χ2v) is 6.50. The number of pyridine rings is 2. The van der Waals surface area contributed by atoms with E-state index in [0.717, 1.165) is 17.8 Å². The van der Waals surface area contributed by atoms with Crippen molar-refractivity contribution in [2.45, 2.75) is 20.0 Å². The van der Waals surface area contributed by atoms with E-state index < -0.39 is 17.6 Å². The number of hydrogen-bond acceptors (Lipinski definition) is 4. The van der Waals surface area contributed by atoms with E-state index in [-0.39, 0.29) is 11.4 Å². The number of nitrogens with one attached hydrogen (secondary N) is 1. The normalized spacial score (nSPS) is 11.5. The molecule has 3 rings (SSSR count). The smallest absolute Gasteiger partial charge is 0.320 e. The number of rotatable bonds is 3. The number of alkyl halides is 3. The molecular formula is C17H13BrF3N5O. The molecule has 0 radical (unpaired) electrons. The van der Waals surface area contributed by atoms with Gasteiger partial charge in [0.05, 0.1) is 34.9 Å². The van der Waals surface area contributed by atoms with Crippen LogP contribution in [0, 0.1) is 13.8 Å². The minimum Gasteiger partial charge on any atom is -0.320 e. The summed E-state index contributed by atoms with van der Waals surface area (Å²) in [4.78, 5) is 20.4. The second-order valence-electron chi connectivity index (χ2n) is 5.74. The average molecular weight is 440 g/mol. The van der Waals surface area contributed by atoms with Crippen LogP contribution in [0.3, 0.4) is 0 Å². The fourth-order valence-electron chi connectivity index (χ4n) is 2.37. The lowest BCUT2D eigenvalue weighted by atomic mass is 10.2. The molecule has 0 fully saturated rings. The molecule has 3 heterocycles. The lowest BCUT2D eigenvalue weighted by Gasteiger charge is -2.09. The van der Waals surface area contributed by atoms with Crippen LogP contribution in [0.5, 0.6) is 0 Å². The van der Waals surface area contributed by atoms with E-state index >= 15 is 0 Å². The van der Waals surface area contributed by atoms with E-state index in [0.29, 0.717) is 16.0 Å². The van der Waals surface area contributed by atoms with Gasteiger partial charge < -0.3 is 5.32 Å². The van der Waals surface area contributed by atoms with Gasteiger partial charge in [0.15, 0.2) is 5.82 Å². The molecule has 0 atom stereocenters. The van der Waals surface area contributed by atoms with Gasteiger partial charge in [-0.2, -0.15) is 18.3 Å². The molecule has 3 aromatic heterocycles. The maximum atomic E-state index is 12.6. The van der Waals surface area contributed by atoms with Crippen LogP contribution in [0.2, 0.25) is 0 Å². The van der Waals surface area contributed by atoms with Crippen LogP contribution in [0.1, 0.15) is 27.2 Å². The molecule has 0 aliphatic heterocycles. The molecule has 27 heavy (non-hydrogen) atoms. The third-order valence-electron chi connectivity index (χ3n) is 3.82. The highest BCUT2D eigenvalue weighted by molar-refractivity contribution is 9.10. The molecule has 0 aromatic carbocycles. The van der Waals surface area contributed by atoms with Gasteiger partial charge in [0.25, 0.3) is 5.91 Å². The van der Waals surface area contributed by atoms with E-state index in [2.05, 4.69) is 36.3 Å². The molecule has 0 unspecified atom stereocenters. The molecule has 0 bridgehead atoms. The van der Waals surface area contributed by atoms with Gasteiger partial charge in [0, 0.05) is 6.20 Å². The summed E-state index contributed by atoms with van der Waals surface area (Å²) in [5.74, 6) is -0.227. The summed E-state index contributed by atoms with van der Waals surface area (Å²) >= 11 is 3.28. The zero-order valence-electron chi connectivity index (χ0n) is 14.2. The van der Waals surface area contributed by atoms with Crippen molar-refractivity contribution in [3.05, 3.63) is 63.8 Å². The van der Waals surface area contributed by atoms with Gasteiger partial charge in [0.2, 0.25) is 0 Å². The minimum atomic E-state index is -4.47. The Bertz CT molecular complexity index is 999. The number of hydrogen-bond donors (Lipinski definition) is 1. The topological polar surface area (TPSA) is 72.7 Å². The van der Waals surface area contributed by atoms with Crippen molar-refractivity contribution in [1.29, 1.82) is 0 Å². The van der Waals surface area contributed by atoms with Crippen molar-refractivity contribution < 1.29 is 18.0 Å². The Morgan fingerprint density at radius 1 is 1.15 bits per heavy atom. The van der Waals surface area contributed by atoms with Crippen LogP contribution in [0.15, 0.2) is 41.4 Å². The molecule has 140 valence electrons. The first-order valence-electron chi connectivity index (χ1n) is 7.68. The third-order valence-corrected chi connectivity index (χ3v) is 4.65. The van der Waals surface area contributed by atoms with Gasteiger partial charge in [-0.15, -0.1) is 0 Å². The first-order chi connectivity index (χ1) is 12.7. The fraction of sp³-hybridized carbons (Fsp3) is 0.176. The molecule has 0 aliphatic carbocycles. The Labute approximate surface area is 160 Å². The Kier molecular flexibility index (Phi) is 5.01. The predicted octanol–water partition coefficient (Wildman–Crippen LogP) is 4.31. The monoisotopic (exact) mass is 439 g/mol. The van der Waals surface area contributed by atoms with Gasteiger partial charge in [-0.3, -0.25) is 4.79 Å². The Balaban J connectivity index is 1.84. The molecular weight excluding hydrogens is 427 g/mol. The summed E-state index contributed by atoms with van der Waals surface area (Å²) in [5.41, 5.74) is 1.24. The molecule has 1 N–H and O–H groups in total. The maximum absolute atomic E-state index is 12.6. The van der Waals surface area contributed by atoms with E-state index in [1.807, 2.05) is 6.92 Å². The molecule has 0 aliphatic rings. The summed E-state index contributed by atoms with van der Waals surface area (Å²) < 4.78 is 39.9. The molecule has 10 heteroatoms. The number of carbonyl (C=O) groups excluding carboxylic acids is 1. The van der Waals surface area contributed by atoms with Crippen LogP contribution in [-0.2, 0) is 6.18 Å². The molecule has 6 nitrogen and oxygen atoms in total. The Morgan fingerprint density at radius 2 is 1.89 bits per heavy atom. The fourth-order valence-corrected chi connectivity index (χ4v) is 2.58. The first kappa shape index (κ1) is 19.0. The van der Waals surface area contributed by atoms with Crippen LogP contribution in [0.4, 0.5) is 18.9 Å². The van der Waals surface area contributed by atoms with Crippen molar-refractivity contribution in [3.63, 3.8) is 0 Å². The lowest BCUT2D eigenvalue weighted by Crippen LogP contribution is -2.14. The number of aromatic nitrogens is 4. The summed E-state index contributed by atoms with van der Waals surface area (Å²) in [5, 5.41) is 6.78. The number of nitrogens with zero attached hydrogens (tertiary/aromatic N) is 4. The number of aryl methyl sites for hydroxylation is 1. The van der Waals surface area contributed by atoms with Gasteiger partial charge in [0.1, 0.15) is 4.60 Å². The largest absolute Gasteiger partial charge is 0.417 e. The molecule has 1 amide bonds. The maximum Gasteiger partial charge on any atom is 0.417 e. The van der Waals surface area contributed by atoms with Crippen LogP contribution in [0.25, 0.3) is 5.82 Å². The number of amides is 1. The Hall–Kier alpha value is -2.75. The third kappa shape index (κ3) is 4.00. The quantitative estimate of drug-likeness (QED) is 0.617. The van der Waals surface area contributed by atoms with Crippen molar-refractivity contribution >= 4 is 27.5 Å². The summed E-state index contributed by atoms with van der Waals surface area (Å²) in [6.45, 7) is 3.47. The Morgan fingerprint density at radius 3 is 2.48 bits per heavy atom. The van der Waals surface area contributed by atoms with E-state index in [1.165, 1.54) is 23.1 Å². The number of anilines is 1. The van der Waals surface area contributed by atoms with Gasteiger partial charge in [-0.05, 0) is 53.5 Å². The van der Waals surface area contributed by atoms with Crippen LogP contribution >= 0.6 is 15.9 Å². The van der Waals surface area contributed by atoms with Crippen molar-refractivity contribution in [3.8, 4) is 5.82 Å². The summed E-state index contributed by atoms with van der Waals surface area (Å²) in [7, 11) is 0. The molecule has 0 saturated carbocycles. The summed E-state index contributed by atoms with van der Waals surface area (Å²) in [6, 6.07) is 3.87. The SMILES string of the molecule is Cc1cc(NC(=O)c2cnn(-c3ccc(C(F)(F)F)cn3)c2C)cnc1Br. The minimum absolute atomic E-state index is 0.181. The zero-order chi connectivity index (χ0) is 19.8. The van der Waals surface area contributed by atoms with Crippen molar-refractivity contribution in [1.82, 2.24) is 19.7 Å². The molecule has 0 spiro atoms. The lowest BCUT2D eigenvalue weighted by molar-refractivity contribution is -0.137. The van der Waals surface area contributed by atoms with E-state index in [1.54, 1.807) is 13.0 Å². The zero-order valence-corrected chi connectivity index (χ0v) is 15.8. The second kappa shape index (κ2) is 7.10. The van der Waals surface area contributed by atoms with Crippen molar-refractivity contribution in [2.75, 3.05) is 5.32 Å². The molecule has 0 saturated heterocycles. The van der Waals surface area contributed by atoms with Crippen LogP contribution < -0.4 is 5.32 Å². The highest BCUT2D eigenvalue weighted by Crippen LogP contribution is 2.29. The van der Waals surface area contributed by atoms with E-state index in [9.17, 15) is 18.0 Å². The van der Waals surface area contributed by atoms with E-state index in [4.69, 9.17) is 0 Å². The van der Waals surface area contributed by atoms with Gasteiger partial charge >= 0.3 is 6.18 Å². The average Bonchev–Trinajstić information content (AvgIpc) is 2.99. The highest BCUT2D eigenvalue weighted by atomic mass is 79.9. The van der Waals surface area contributed by atoms with Crippen molar-refractivity contribution in [2.24, 2.45) is 0 Å². The highest BCUT2D eigenvalue weighted by Gasteiger charge is 2.30. The van der Waals surface area contributed by atoms with Gasteiger partial charge in [-0.25, -0.2) is 14.6 Å². The van der Waals surface area contributed by atoms with Gasteiger partial charge in [-0.1, -0.05) is 0 Å². The number of halogens is 4. The molecule has 3 aromatic rings. The van der Waals surface area contributed by atoms with Crippen LogP contribution in [-0.4, -0.2) is 25.7 Å². The summed E-state index contributed by atoms with van der Waals surface area (Å²) in [6.07, 6.45) is -0.894.